The summed E-state index contributed by atoms with van der Waals surface area (Å²) in [6.45, 7) is 9.07. The number of fused-ring (bicyclic) bond motifs is 1. The molecule has 1 aliphatic rings. The monoisotopic (exact) mass is 498 g/mol. The molecular weight excluding hydrogens is 460 g/mol. The lowest BCUT2D eigenvalue weighted by Crippen LogP contribution is -2.10. The lowest BCUT2D eigenvalue weighted by molar-refractivity contribution is 0.215. The number of nitrogens with one attached hydrogen (secondary N) is 1. The maximum Gasteiger partial charge on any atom is 0.160 e. The Morgan fingerprint density at radius 3 is 2.54 bits per heavy atom. The van der Waals surface area contributed by atoms with Crippen molar-refractivity contribution in [1.29, 1.82) is 0 Å². The number of ether oxygens (including phenoxy) is 3. The third kappa shape index (κ3) is 5.99. The van der Waals surface area contributed by atoms with Gasteiger partial charge in [0.25, 0.3) is 0 Å². The molecule has 1 unspecified atom stereocenters. The van der Waals surface area contributed by atoms with Crippen molar-refractivity contribution in [2.75, 3.05) is 20.8 Å². The highest BCUT2D eigenvalue weighted by molar-refractivity contribution is 5.82. The van der Waals surface area contributed by atoms with E-state index in [2.05, 4.69) is 91.4 Å². The van der Waals surface area contributed by atoms with E-state index in [0.29, 0.717) is 6.61 Å². The van der Waals surface area contributed by atoms with Gasteiger partial charge in [-0.15, -0.1) is 0 Å². The average molecular weight is 499 g/mol. The first kappa shape index (κ1) is 26.3. The van der Waals surface area contributed by atoms with E-state index in [4.69, 9.17) is 14.2 Å². The molecule has 0 spiro atoms. The fourth-order valence-corrected chi connectivity index (χ4v) is 4.92. The third-order valence-corrected chi connectivity index (χ3v) is 6.82. The van der Waals surface area contributed by atoms with Gasteiger partial charge in [0.05, 0.1) is 31.9 Å². The molecule has 0 amide bonds. The van der Waals surface area contributed by atoms with Crippen LogP contribution in [0.25, 0.3) is 22.2 Å². The summed E-state index contributed by atoms with van der Waals surface area (Å²) >= 11 is 0. The molecule has 1 aliphatic carbocycles. The van der Waals surface area contributed by atoms with Crippen molar-refractivity contribution in [3.63, 3.8) is 0 Å². The maximum absolute atomic E-state index is 6.28. The molecule has 5 heteroatoms. The first-order valence-corrected chi connectivity index (χ1v) is 13.1. The van der Waals surface area contributed by atoms with Crippen molar-refractivity contribution in [1.82, 2.24) is 9.97 Å². The van der Waals surface area contributed by atoms with E-state index in [-0.39, 0.29) is 5.92 Å². The van der Waals surface area contributed by atoms with E-state index in [1.165, 1.54) is 27.8 Å². The Labute approximate surface area is 220 Å². The number of rotatable bonds is 10. The number of methoxy groups -OCH3 is 2. The number of hydrogen-bond donors (Lipinski definition) is 1. The predicted octanol–water partition coefficient (Wildman–Crippen LogP) is 7.84. The van der Waals surface area contributed by atoms with Crippen LogP contribution in [0.2, 0.25) is 0 Å². The summed E-state index contributed by atoms with van der Waals surface area (Å²) in [6.07, 6.45) is 11.3. The molecule has 0 saturated heterocycles. The number of allylic oxidation sites excluding steroid dienone is 6. The van der Waals surface area contributed by atoms with Gasteiger partial charge in [0.1, 0.15) is 11.6 Å². The Kier molecular flexibility index (Phi) is 8.54. The van der Waals surface area contributed by atoms with Gasteiger partial charge in [0.2, 0.25) is 0 Å². The van der Waals surface area contributed by atoms with Gasteiger partial charge in [0.15, 0.2) is 11.5 Å². The minimum atomic E-state index is 0.255. The zero-order valence-corrected chi connectivity index (χ0v) is 22.9. The molecule has 0 aliphatic heterocycles. The molecule has 1 N–H and O–H groups in total. The molecule has 1 atom stereocenters. The molecule has 0 fully saturated rings. The van der Waals surface area contributed by atoms with Crippen molar-refractivity contribution < 1.29 is 14.2 Å². The van der Waals surface area contributed by atoms with Crippen LogP contribution < -0.4 is 4.74 Å². The summed E-state index contributed by atoms with van der Waals surface area (Å²) in [4.78, 5) is 7.84. The van der Waals surface area contributed by atoms with Crippen LogP contribution in [0.4, 0.5) is 0 Å². The standard InChI is InChI=1S/C32H38N2O3/c1-7-10-24(27-20-32(36-6)31(35-5)17-21(27)3)11-9-16-37-30-15-13-25(18-23(30)8-2)26-12-14-28-29(19-26)34-22(4)33-28/h7,10,12-15,17-21H,8-9,11,16H2,1-6H3,(H,33,34)/b10-7-,27-24+. The lowest BCUT2D eigenvalue weighted by Gasteiger charge is -2.22. The second kappa shape index (κ2) is 12.0. The highest BCUT2D eigenvalue weighted by atomic mass is 16.5. The van der Waals surface area contributed by atoms with Gasteiger partial charge in [-0.1, -0.05) is 38.1 Å². The minimum Gasteiger partial charge on any atom is -0.493 e. The van der Waals surface area contributed by atoms with Crippen molar-refractivity contribution in [2.45, 2.75) is 47.0 Å². The number of benzene rings is 2. The van der Waals surface area contributed by atoms with Gasteiger partial charge in [-0.3, -0.25) is 0 Å². The second-order valence-electron chi connectivity index (χ2n) is 9.40. The van der Waals surface area contributed by atoms with Crippen LogP contribution in [0, 0.1) is 12.8 Å². The minimum absolute atomic E-state index is 0.255. The van der Waals surface area contributed by atoms with E-state index in [1.807, 2.05) is 6.92 Å². The summed E-state index contributed by atoms with van der Waals surface area (Å²) < 4.78 is 17.3. The number of aryl methyl sites for hydroxylation is 2. The van der Waals surface area contributed by atoms with Crippen LogP contribution >= 0.6 is 0 Å². The fraction of sp³-hybridized carbons (Fsp3) is 0.344. The largest absolute Gasteiger partial charge is 0.493 e. The molecule has 1 aromatic heterocycles. The summed E-state index contributed by atoms with van der Waals surface area (Å²) in [5.41, 5.74) is 8.21. The predicted molar refractivity (Wildman–Crippen MR) is 152 cm³/mol. The number of H-pyrrole nitrogens is 1. The SMILES string of the molecule is C/C=C\C(CCCOc1ccc(-c2ccc3nc(C)[nH]c3c2)cc1CC)=C1\C=C(OC)C(OC)=CC1C. The number of hydrogen-bond acceptors (Lipinski definition) is 4. The van der Waals surface area contributed by atoms with Crippen LogP contribution in [-0.2, 0) is 15.9 Å². The molecule has 194 valence electrons. The maximum atomic E-state index is 6.28. The van der Waals surface area contributed by atoms with Crippen molar-refractivity contribution in [3.8, 4) is 16.9 Å². The van der Waals surface area contributed by atoms with Gasteiger partial charge in [0, 0.05) is 5.92 Å². The van der Waals surface area contributed by atoms with E-state index in [1.54, 1.807) is 14.2 Å². The molecule has 0 saturated carbocycles. The normalized spacial score (nSPS) is 17.1. The molecule has 2 aromatic carbocycles. The number of nitrogens with zero attached hydrogens (tertiary/aromatic N) is 1. The molecule has 0 bridgehead atoms. The Balaban J connectivity index is 1.45. The lowest BCUT2D eigenvalue weighted by atomic mass is 9.88. The van der Waals surface area contributed by atoms with Crippen LogP contribution in [-0.4, -0.2) is 30.8 Å². The van der Waals surface area contributed by atoms with Gasteiger partial charge in [-0.05, 0) is 97.4 Å². The van der Waals surface area contributed by atoms with E-state index in [0.717, 1.165) is 53.4 Å². The summed E-state index contributed by atoms with van der Waals surface area (Å²) in [5, 5.41) is 0. The molecule has 37 heavy (non-hydrogen) atoms. The Morgan fingerprint density at radius 1 is 1.05 bits per heavy atom. The molecule has 5 nitrogen and oxygen atoms in total. The van der Waals surface area contributed by atoms with E-state index < -0.39 is 0 Å². The third-order valence-electron chi connectivity index (χ3n) is 6.82. The molecule has 3 aromatic rings. The average Bonchev–Trinajstić information content (AvgIpc) is 3.29. The smallest absolute Gasteiger partial charge is 0.160 e. The van der Waals surface area contributed by atoms with E-state index >= 15 is 0 Å². The molecule has 1 heterocycles. The number of imidazole rings is 1. The van der Waals surface area contributed by atoms with Crippen molar-refractivity contribution in [2.24, 2.45) is 5.92 Å². The van der Waals surface area contributed by atoms with Gasteiger partial charge in [-0.2, -0.15) is 0 Å². The van der Waals surface area contributed by atoms with E-state index in [9.17, 15) is 0 Å². The van der Waals surface area contributed by atoms with Crippen LogP contribution in [0.1, 0.15) is 45.0 Å². The van der Waals surface area contributed by atoms with Gasteiger partial charge >= 0.3 is 0 Å². The highest BCUT2D eigenvalue weighted by Crippen LogP contribution is 2.33. The van der Waals surface area contributed by atoms with Gasteiger partial charge in [-0.25, -0.2) is 4.98 Å². The van der Waals surface area contributed by atoms with Gasteiger partial charge < -0.3 is 19.2 Å². The molecule has 4 rings (SSSR count). The number of aromatic nitrogens is 2. The first-order chi connectivity index (χ1) is 18.0. The Morgan fingerprint density at radius 2 is 1.81 bits per heavy atom. The topological polar surface area (TPSA) is 56.4 Å². The first-order valence-electron chi connectivity index (χ1n) is 13.1. The highest BCUT2D eigenvalue weighted by Gasteiger charge is 2.20. The summed E-state index contributed by atoms with van der Waals surface area (Å²) in [6, 6.07) is 12.9. The number of aromatic amines is 1. The van der Waals surface area contributed by atoms with Crippen molar-refractivity contribution in [3.05, 3.63) is 94.8 Å². The van der Waals surface area contributed by atoms with Crippen LogP contribution in [0.3, 0.4) is 0 Å². The van der Waals surface area contributed by atoms with Crippen LogP contribution in [0.5, 0.6) is 5.75 Å². The molecular formula is C32H38N2O3. The fourth-order valence-electron chi connectivity index (χ4n) is 4.92. The quantitative estimate of drug-likeness (QED) is 0.289. The zero-order valence-electron chi connectivity index (χ0n) is 22.9. The Hall–Kier alpha value is -3.73. The Bertz CT molecular complexity index is 1370. The zero-order chi connectivity index (χ0) is 26.4. The summed E-state index contributed by atoms with van der Waals surface area (Å²) in [7, 11) is 3.36. The van der Waals surface area contributed by atoms with Crippen LogP contribution in [0.15, 0.2) is 83.4 Å². The van der Waals surface area contributed by atoms with Crippen molar-refractivity contribution >= 4 is 11.0 Å². The second-order valence-corrected chi connectivity index (χ2v) is 9.40. The summed E-state index contributed by atoms with van der Waals surface area (Å²) in [5.74, 6) is 3.71. The molecule has 0 radical (unpaired) electrons.